The van der Waals surface area contributed by atoms with E-state index >= 15 is 0 Å². The first kappa shape index (κ1) is 36.9. The molecule has 0 fully saturated rings. The molecule has 0 amide bonds. The van der Waals surface area contributed by atoms with Crippen molar-refractivity contribution >= 4 is 43.6 Å². The van der Waals surface area contributed by atoms with Crippen LogP contribution in [0.25, 0.3) is 66.1 Å². The number of alkyl halides is 6. The van der Waals surface area contributed by atoms with E-state index in [9.17, 15) is 31.6 Å². The molecule has 2 aromatic heterocycles. The highest BCUT2D eigenvalue weighted by Gasteiger charge is 2.37. The molecule has 0 bridgehead atoms. The van der Waals surface area contributed by atoms with E-state index in [-0.39, 0.29) is 33.6 Å². The van der Waals surface area contributed by atoms with E-state index in [0.717, 1.165) is 54.7 Å². The lowest BCUT2D eigenvalue weighted by Gasteiger charge is -2.22. The van der Waals surface area contributed by atoms with Gasteiger partial charge in [0.25, 0.3) is 0 Å². The molecule has 3 nitrogen and oxygen atoms in total. The van der Waals surface area contributed by atoms with Crippen molar-refractivity contribution in [1.82, 2.24) is 9.13 Å². The average molecular weight is 758 g/mol. The van der Waals surface area contributed by atoms with E-state index in [1.54, 1.807) is 12.1 Å². The molecule has 0 saturated heterocycles. The Morgan fingerprint density at radius 3 is 1.27 bits per heavy atom. The maximum absolute atomic E-state index is 14.2. The fourth-order valence-electron chi connectivity index (χ4n) is 7.77. The molecule has 6 aromatic carbocycles. The van der Waals surface area contributed by atoms with Gasteiger partial charge in [0, 0.05) is 27.1 Å². The first-order chi connectivity index (χ1) is 26.3. The predicted octanol–water partition coefficient (Wildman–Crippen LogP) is 14.1. The third kappa shape index (κ3) is 6.08. The Hall–Kier alpha value is -6.01. The molecule has 0 saturated carbocycles. The van der Waals surface area contributed by atoms with E-state index in [0.29, 0.717) is 23.5 Å². The number of halogens is 6. The standard InChI is InChI=1S/C47H37F6N3/c1-44(2,3)29-15-17-40-36(23-29)33-11-7-9-13-38(33)55(40)42-21-28(26-54)35(27-19-31(46(48,49)50)22-32(20-27)47(51,52)53)25-43(42)56-39-14-10-8-12-34(39)37-24-30(45(4,5)6)16-18-41(37)56/h7-25H,1-6H3. The Morgan fingerprint density at radius 2 is 0.857 bits per heavy atom. The van der Waals surface area contributed by atoms with Gasteiger partial charge in [-0.25, -0.2) is 0 Å². The van der Waals surface area contributed by atoms with Crippen molar-refractivity contribution in [1.29, 1.82) is 5.26 Å². The lowest BCUT2D eigenvalue weighted by atomic mass is 9.86. The molecule has 8 aromatic rings. The Bertz CT molecular complexity index is 2890. The Morgan fingerprint density at radius 1 is 0.446 bits per heavy atom. The minimum absolute atomic E-state index is 0.0594. The van der Waals surface area contributed by atoms with E-state index in [2.05, 4.69) is 65.8 Å². The quantitative estimate of drug-likeness (QED) is 0.165. The fraction of sp³-hybridized carbons (Fsp3) is 0.213. The second kappa shape index (κ2) is 12.5. The van der Waals surface area contributed by atoms with Crippen LogP contribution >= 0.6 is 0 Å². The van der Waals surface area contributed by atoms with E-state index in [1.165, 1.54) is 0 Å². The first-order valence-corrected chi connectivity index (χ1v) is 18.2. The Balaban J connectivity index is 1.56. The van der Waals surface area contributed by atoms with Crippen LogP contribution in [0.4, 0.5) is 26.3 Å². The van der Waals surface area contributed by atoms with Crippen molar-refractivity contribution in [3.8, 4) is 28.6 Å². The van der Waals surface area contributed by atoms with Crippen molar-refractivity contribution in [3.05, 3.63) is 143 Å². The monoisotopic (exact) mass is 757 g/mol. The van der Waals surface area contributed by atoms with Gasteiger partial charge in [0.2, 0.25) is 0 Å². The van der Waals surface area contributed by atoms with Crippen LogP contribution in [0.2, 0.25) is 0 Å². The highest BCUT2D eigenvalue weighted by molar-refractivity contribution is 6.12. The number of nitriles is 1. The highest BCUT2D eigenvalue weighted by atomic mass is 19.4. The topological polar surface area (TPSA) is 33.6 Å². The van der Waals surface area contributed by atoms with Crippen LogP contribution in [0.15, 0.2) is 115 Å². The zero-order valence-electron chi connectivity index (χ0n) is 31.6. The van der Waals surface area contributed by atoms with Crippen molar-refractivity contribution in [3.63, 3.8) is 0 Å². The third-order valence-electron chi connectivity index (χ3n) is 10.7. The van der Waals surface area contributed by atoms with Crippen molar-refractivity contribution in [2.75, 3.05) is 0 Å². The lowest BCUT2D eigenvalue weighted by Crippen LogP contribution is -2.12. The molecule has 282 valence electrons. The minimum Gasteiger partial charge on any atom is -0.307 e. The number of aromatic nitrogens is 2. The number of fused-ring (bicyclic) bond motifs is 6. The van der Waals surface area contributed by atoms with E-state index in [4.69, 9.17) is 0 Å². The van der Waals surface area contributed by atoms with Crippen LogP contribution in [-0.4, -0.2) is 9.13 Å². The summed E-state index contributed by atoms with van der Waals surface area (Å²) in [5, 5.41) is 14.4. The molecular weight excluding hydrogens is 721 g/mol. The zero-order valence-corrected chi connectivity index (χ0v) is 31.6. The molecule has 0 radical (unpaired) electrons. The van der Waals surface area contributed by atoms with Crippen molar-refractivity contribution in [2.45, 2.75) is 64.7 Å². The van der Waals surface area contributed by atoms with Crippen LogP contribution in [0, 0.1) is 11.3 Å². The van der Waals surface area contributed by atoms with Crippen LogP contribution in [0.3, 0.4) is 0 Å². The summed E-state index contributed by atoms with van der Waals surface area (Å²) in [6.45, 7) is 12.8. The number of hydrogen-bond donors (Lipinski definition) is 0. The van der Waals surface area contributed by atoms with Crippen molar-refractivity contribution in [2.24, 2.45) is 0 Å². The number of nitrogens with zero attached hydrogens (tertiary/aromatic N) is 3. The fourth-order valence-corrected chi connectivity index (χ4v) is 7.77. The van der Waals surface area contributed by atoms with Gasteiger partial charge in [0.15, 0.2) is 0 Å². The van der Waals surface area contributed by atoms with Gasteiger partial charge in [0.1, 0.15) is 0 Å². The summed E-state index contributed by atoms with van der Waals surface area (Å²) in [4.78, 5) is 0. The third-order valence-corrected chi connectivity index (χ3v) is 10.7. The second-order valence-electron chi connectivity index (χ2n) is 16.5. The maximum atomic E-state index is 14.2. The first-order valence-electron chi connectivity index (χ1n) is 18.2. The SMILES string of the molecule is CC(C)(C)c1ccc2c(c1)c1ccccc1n2-c1cc(C#N)c(-c2cc(C(F)(F)F)cc(C(F)(F)F)c2)cc1-n1c2ccccc2c2cc(C(C)(C)C)ccc21. The summed E-state index contributed by atoms with van der Waals surface area (Å²) in [5.41, 5.74) is 2.65. The van der Waals surface area contributed by atoms with E-state index < -0.39 is 23.5 Å². The number of benzene rings is 6. The molecule has 2 heterocycles. The van der Waals surface area contributed by atoms with Gasteiger partial charge in [-0.05, 0) is 94.3 Å². The normalized spacial score (nSPS) is 13.0. The van der Waals surface area contributed by atoms with Gasteiger partial charge in [-0.15, -0.1) is 0 Å². The molecule has 9 heteroatoms. The maximum Gasteiger partial charge on any atom is 0.416 e. The predicted molar refractivity (Wildman–Crippen MR) is 213 cm³/mol. The van der Waals surface area contributed by atoms with E-state index in [1.807, 2.05) is 75.9 Å². The average Bonchev–Trinajstić information content (AvgIpc) is 3.65. The summed E-state index contributed by atoms with van der Waals surface area (Å²) < 4.78 is 89.3. The van der Waals surface area contributed by atoms with Gasteiger partial charge in [0.05, 0.1) is 56.2 Å². The number of hydrogen-bond acceptors (Lipinski definition) is 1. The zero-order chi connectivity index (χ0) is 40.1. The van der Waals surface area contributed by atoms with Crippen LogP contribution in [0.5, 0.6) is 0 Å². The molecule has 0 spiro atoms. The van der Waals surface area contributed by atoms with Gasteiger partial charge in [-0.2, -0.15) is 31.6 Å². The molecule has 8 rings (SSSR count). The summed E-state index contributed by atoms with van der Waals surface area (Å²) in [6, 6.07) is 34.8. The molecule has 0 unspecified atom stereocenters. The largest absolute Gasteiger partial charge is 0.416 e. The lowest BCUT2D eigenvalue weighted by molar-refractivity contribution is -0.143. The van der Waals surface area contributed by atoms with Gasteiger partial charge in [-0.1, -0.05) is 90.1 Å². The molecule has 0 atom stereocenters. The summed E-state index contributed by atoms with van der Waals surface area (Å²) in [5.74, 6) is 0. The van der Waals surface area contributed by atoms with Gasteiger partial charge < -0.3 is 9.13 Å². The van der Waals surface area contributed by atoms with Gasteiger partial charge >= 0.3 is 12.4 Å². The molecule has 0 aliphatic heterocycles. The van der Waals surface area contributed by atoms with Crippen molar-refractivity contribution < 1.29 is 26.3 Å². The summed E-state index contributed by atoms with van der Waals surface area (Å²) in [6.07, 6.45) is -10.1. The van der Waals surface area contributed by atoms with Gasteiger partial charge in [-0.3, -0.25) is 0 Å². The Labute approximate surface area is 320 Å². The number of rotatable bonds is 3. The molecule has 0 aliphatic rings. The Kier molecular flexibility index (Phi) is 8.25. The highest BCUT2D eigenvalue weighted by Crippen LogP contribution is 2.44. The minimum atomic E-state index is -5.07. The molecular formula is C47H37F6N3. The van der Waals surface area contributed by atoms with Crippen LogP contribution in [0.1, 0.15) is 69.4 Å². The number of para-hydroxylation sites is 2. The van der Waals surface area contributed by atoms with Crippen LogP contribution < -0.4 is 0 Å². The molecule has 0 N–H and O–H groups in total. The summed E-state index contributed by atoms with van der Waals surface area (Å²) in [7, 11) is 0. The molecule has 0 aliphatic carbocycles. The smallest absolute Gasteiger partial charge is 0.307 e. The molecule has 56 heavy (non-hydrogen) atoms. The summed E-state index contributed by atoms with van der Waals surface area (Å²) >= 11 is 0. The van der Waals surface area contributed by atoms with Crippen LogP contribution in [-0.2, 0) is 23.2 Å². The second-order valence-corrected chi connectivity index (χ2v) is 16.5.